The number of aromatic nitrogens is 4. The zero-order chi connectivity index (χ0) is 22.4. The second-order valence-corrected chi connectivity index (χ2v) is 8.51. The van der Waals surface area contributed by atoms with Crippen molar-refractivity contribution >= 4 is 11.8 Å². The molecule has 162 valence electrons. The van der Waals surface area contributed by atoms with Crippen LogP contribution in [0.1, 0.15) is 55.2 Å². The minimum atomic E-state index is -0.744. The molecule has 0 saturated heterocycles. The number of H-pyrrole nitrogens is 1. The number of rotatable bonds is 4. The highest BCUT2D eigenvalue weighted by Crippen LogP contribution is 2.46. The number of nitrogens with one attached hydrogen (secondary N) is 1. The van der Waals surface area contributed by atoms with Crippen molar-refractivity contribution in [2.24, 2.45) is 0 Å². The van der Waals surface area contributed by atoms with E-state index in [1.54, 1.807) is 24.3 Å². The van der Waals surface area contributed by atoms with Crippen molar-refractivity contribution in [3.63, 3.8) is 0 Å². The van der Waals surface area contributed by atoms with Crippen molar-refractivity contribution in [1.82, 2.24) is 25.5 Å². The van der Waals surface area contributed by atoms with Gasteiger partial charge in [0, 0.05) is 6.54 Å². The molecular formula is C26H21N5O2. The first-order chi connectivity index (χ1) is 16.2. The second-order valence-electron chi connectivity index (χ2n) is 8.51. The molecule has 0 unspecified atom stereocenters. The van der Waals surface area contributed by atoms with Gasteiger partial charge in [0.1, 0.15) is 0 Å². The van der Waals surface area contributed by atoms with Crippen LogP contribution in [0, 0.1) is 0 Å². The van der Waals surface area contributed by atoms with Crippen molar-refractivity contribution < 1.29 is 9.59 Å². The fraction of sp³-hybridized carbons (Fsp3) is 0.192. The van der Waals surface area contributed by atoms with Crippen molar-refractivity contribution in [1.29, 1.82) is 0 Å². The molecule has 0 radical (unpaired) electrons. The molecule has 0 atom stereocenters. The lowest BCUT2D eigenvalue weighted by atomic mass is 9.69. The maximum absolute atomic E-state index is 13.1. The van der Waals surface area contributed by atoms with Crippen LogP contribution in [0.3, 0.4) is 0 Å². The molecule has 7 heteroatoms. The van der Waals surface area contributed by atoms with E-state index in [0.717, 1.165) is 24.0 Å². The van der Waals surface area contributed by atoms with E-state index in [1.165, 1.54) is 16.0 Å². The monoisotopic (exact) mass is 435 g/mol. The summed E-state index contributed by atoms with van der Waals surface area (Å²) in [5, 5.41) is 15.4. The van der Waals surface area contributed by atoms with Crippen LogP contribution < -0.4 is 0 Å². The molecular weight excluding hydrogens is 414 g/mol. The summed E-state index contributed by atoms with van der Waals surface area (Å²) in [4.78, 5) is 27.5. The normalized spacial score (nSPS) is 16.2. The highest BCUT2D eigenvalue weighted by atomic mass is 16.2. The molecule has 1 aliphatic heterocycles. The Morgan fingerprint density at radius 2 is 1.33 bits per heavy atom. The Kier molecular flexibility index (Phi) is 4.43. The van der Waals surface area contributed by atoms with Gasteiger partial charge in [0.2, 0.25) is 0 Å². The molecule has 1 aliphatic carbocycles. The van der Waals surface area contributed by atoms with Gasteiger partial charge in [-0.25, -0.2) is 0 Å². The Bertz CT molecular complexity index is 1300. The first kappa shape index (κ1) is 19.5. The Balaban J connectivity index is 1.51. The van der Waals surface area contributed by atoms with Gasteiger partial charge in [0.05, 0.1) is 16.5 Å². The number of aromatic amines is 1. The largest absolute Gasteiger partial charge is 0.274 e. The van der Waals surface area contributed by atoms with Gasteiger partial charge < -0.3 is 0 Å². The molecule has 1 aromatic heterocycles. The summed E-state index contributed by atoms with van der Waals surface area (Å²) in [5.74, 6) is 0.0315. The summed E-state index contributed by atoms with van der Waals surface area (Å²) < 4.78 is 0. The fourth-order valence-electron chi connectivity index (χ4n) is 5.41. The van der Waals surface area contributed by atoms with E-state index >= 15 is 0 Å². The van der Waals surface area contributed by atoms with Gasteiger partial charge in [0.25, 0.3) is 11.8 Å². The lowest BCUT2D eigenvalue weighted by Crippen LogP contribution is -2.39. The van der Waals surface area contributed by atoms with E-state index in [4.69, 9.17) is 0 Å². The number of carbonyl (C=O) groups is 2. The summed E-state index contributed by atoms with van der Waals surface area (Å²) in [6, 6.07) is 23.6. The SMILES string of the molecule is O=C1c2ccccc2C(=O)N1CCC1(c2nn[nH]n2)c2ccccc2CCc2ccccc21. The molecule has 33 heavy (non-hydrogen) atoms. The summed E-state index contributed by atoms with van der Waals surface area (Å²) >= 11 is 0. The van der Waals surface area contributed by atoms with Gasteiger partial charge in [-0.15, -0.1) is 10.2 Å². The number of tetrazole rings is 1. The Morgan fingerprint density at radius 3 is 1.88 bits per heavy atom. The van der Waals surface area contributed by atoms with Crippen LogP contribution in [0.4, 0.5) is 0 Å². The number of hydrogen-bond acceptors (Lipinski definition) is 5. The smallest absolute Gasteiger partial charge is 0.261 e. The molecule has 2 heterocycles. The van der Waals surface area contributed by atoms with E-state index in [0.29, 0.717) is 23.4 Å². The second kappa shape index (κ2) is 7.48. The van der Waals surface area contributed by atoms with E-state index in [9.17, 15) is 9.59 Å². The van der Waals surface area contributed by atoms with Gasteiger partial charge in [-0.05, 0) is 53.6 Å². The van der Waals surface area contributed by atoms with Crippen LogP contribution >= 0.6 is 0 Å². The lowest BCUT2D eigenvalue weighted by Gasteiger charge is -2.34. The molecule has 0 fully saturated rings. The third kappa shape index (κ3) is 2.85. The number of benzene rings is 3. The minimum Gasteiger partial charge on any atom is -0.274 e. The predicted molar refractivity (Wildman–Crippen MR) is 121 cm³/mol. The third-order valence-electron chi connectivity index (χ3n) is 6.93. The number of nitrogens with zero attached hydrogens (tertiary/aromatic N) is 4. The maximum atomic E-state index is 13.1. The molecule has 4 aromatic rings. The summed E-state index contributed by atoms with van der Waals surface area (Å²) in [6.45, 7) is 0.240. The van der Waals surface area contributed by atoms with Crippen LogP contribution in [-0.4, -0.2) is 43.9 Å². The molecule has 7 nitrogen and oxygen atoms in total. The first-order valence-corrected chi connectivity index (χ1v) is 11.1. The molecule has 1 N–H and O–H groups in total. The van der Waals surface area contributed by atoms with Crippen molar-refractivity contribution in [2.75, 3.05) is 6.54 Å². The summed E-state index contributed by atoms with van der Waals surface area (Å²) in [6.07, 6.45) is 2.23. The first-order valence-electron chi connectivity index (χ1n) is 11.1. The van der Waals surface area contributed by atoms with Gasteiger partial charge in [0.15, 0.2) is 5.82 Å². The summed E-state index contributed by atoms with van der Waals surface area (Å²) in [7, 11) is 0. The van der Waals surface area contributed by atoms with Crippen LogP contribution in [0.15, 0.2) is 72.8 Å². The van der Waals surface area contributed by atoms with Crippen molar-refractivity contribution in [3.8, 4) is 0 Å². The molecule has 2 aliphatic rings. The molecule has 6 rings (SSSR count). The fourth-order valence-corrected chi connectivity index (χ4v) is 5.41. The van der Waals surface area contributed by atoms with Gasteiger partial charge >= 0.3 is 0 Å². The van der Waals surface area contributed by atoms with Gasteiger partial charge in [-0.1, -0.05) is 65.9 Å². The lowest BCUT2D eigenvalue weighted by molar-refractivity contribution is 0.0646. The van der Waals surface area contributed by atoms with Crippen LogP contribution in [-0.2, 0) is 18.3 Å². The number of hydrogen-bond donors (Lipinski definition) is 1. The Hall–Kier alpha value is -4.13. The van der Waals surface area contributed by atoms with E-state index in [1.807, 2.05) is 24.3 Å². The quantitative estimate of drug-likeness (QED) is 0.497. The highest BCUT2D eigenvalue weighted by Gasteiger charge is 2.46. The standard InChI is InChI=1S/C26H21N5O2/c32-23-19-9-3-4-10-20(19)24(33)31(23)16-15-26(25-27-29-30-28-25)21-11-5-1-7-17(21)13-14-18-8-2-6-12-22(18)26/h1-12H,13-16H2,(H,27,28,29,30). The van der Waals surface area contributed by atoms with Crippen LogP contribution in [0.25, 0.3) is 0 Å². The van der Waals surface area contributed by atoms with E-state index < -0.39 is 5.41 Å². The molecule has 3 aromatic carbocycles. The Morgan fingerprint density at radius 1 is 0.788 bits per heavy atom. The molecule has 0 bridgehead atoms. The van der Waals surface area contributed by atoms with E-state index in [2.05, 4.69) is 44.9 Å². The number of aryl methyl sites for hydroxylation is 2. The zero-order valence-corrected chi connectivity index (χ0v) is 17.9. The number of carbonyl (C=O) groups excluding carboxylic acids is 2. The zero-order valence-electron chi connectivity index (χ0n) is 17.9. The van der Waals surface area contributed by atoms with Crippen molar-refractivity contribution in [2.45, 2.75) is 24.7 Å². The maximum Gasteiger partial charge on any atom is 0.261 e. The van der Waals surface area contributed by atoms with E-state index in [-0.39, 0.29) is 18.4 Å². The molecule has 2 amide bonds. The van der Waals surface area contributed by atoms with Gasteiger partial charge in [-0.3, -0.25) is 14.5 Å². The van der Waals surface area contributed by atoms with Crippen LogP contribution in [0.2, 0.25) is 0 Å². The minimum absolute atomic E-state index is 0.240. The van der Waals surface area contributed by atoms with Crippen LogP contribution in [0.5, 0.6) is 0 Å². The highest BCUT2D eigenvalue weighted by molar-refractivity contribution is 6.21. The van der Waals surface area contributed by atoms with Crippen molar-refractivity contribution in [3.05, 3.63) is 112 Å². The third-order valence-corrected chi connectivity index (χ3v) is 6.93. The Labute approximate surface area is 190 Å². The topological polar surface area (TPSA) is 91.8 Å². The average Bonchev–Trinajstić information content (AvgIpc) is 3.45. The average molecular weight is 435 g/mol. The summed E-state index contributed by atoms with van der Waals surface area (Å²) in [5.41, 5.74) is 4.77. The molecule has 0 saturated carbocycles. The number of fused-ring (bicyclic) bond motifs is 3. The predicted octanol–water partition coefficient (Wildman–Crippen LogP) is 3.32. The molecule has 0 spiro atoms. The number of amides is 2. The number of imide groups is 1. The van der Waals surface area contributed by atoms with Gasteiger partial charge in [-0.2, -0.15) is 5.21 Å².